The largest absolute Gasteiger partial charge is 0.331 e. The summed E-state index contributed by atoms with van der Waals surface area (Å²) in [6, 6.07) is 5.77. The van der Waals surface area contributed by atoms with E-state index in [2.05, 4.69) is 16.5 Å². The van der Waals surface area contributed by atoms with Crippen LogP contribution in [-0.2, 0) is 6.54 Å². The number of fused-ring (bicyclic) bond motifs is 1. The Morgan fingerprint density at radius 1 is 1.38 bits per heavy atom. The molecule has 0 fully saturated rings. The standard InChI is InChI=1S/C13H16N2O/c1-3-5-13(16)10-6-7-12-11(8-10)14-9-15(12)4-2/h6-9H,3-5H2,1-2H3. The molecule has 2 rings (SSSR count). The van der Waals surface area contributed by atoms with E-state index in [9.17, 15) is 4.79 Å². The van der Waals surface area contributed by atoms with Crippen molar-refractivity contribution in [2.75, 3.05) is 0 Å². The minimum absolute atomic E-state index is 0.204. The van der Waals surface area contributed by atoms with Crippen LogP contribution in [0, 0.1) is 0 Å². The van der Waals surface area contributed by atoms with Gasteiger partial charge in [-0.15, -0.1) is 0 Å². The Kier molecular flexibility index (Phi) is 3.04. The quantitative estimate of drug-likeness (QED) is 0.736. The van der Waals surface area contributed by atoms with Crippen molar-refractivity contribution in [2.24, 2.45) is 0 Å². The van der Waals surface area contributed by atoms with Crippen LogP contribution in [0.3, 0.4) is 0 Å². The third-order valence-electron chi connectivity index (χ3n) is 2.76. The van der Waals surface area contributed by atoms with Gasteiger partial charge < -0.3 is 4.57 Å². The van der Waals surface area contributed by atoms with Gasteiger partial charge in [0.2, 0.25) is 0 Å². The Labute approximate surface area is 95.1 Å². The van der Waals surface area contributed by atoms with E-state index in [4.69, 9.17) is 0 Å². The second kappa shape index (κ2) is 4.47. The van der Waals surface area contributed by atoms with Crippen LogP contribution in [-0.4, -0.2) is 15.3 Å². The summed E-state index contributed by atoms with van der Waals surface area (Å²) >= 11 is 0. The molecular formula is C13H16N2O. The Hall–Kier alpha value is -1.64. The smallest absolute Gasteiger partial charge is 0.162 e. The summed E-state index contributed by atoms with van der Waals surface area (Å²) in [5, 5.41) is 0. The molecule has 3 heteroatoms. The van der Waals surface area contributed by atoms with E-state index < -0.39 is 0 Å². The van der Waals surface area contributed by atoms with Gasteiger partial charge in [-0.2, -0.15) is 0 Å². The van der Waals surface area contributed by atoms with Crippen molar-refractivity contribution >= 4 is 16.8 Å². The molecule has 0 N–H and O–H groups in total. The second-order valence-corrected chi connectivity index (χ2v) is 3.91. The fourth-order valence-corrected chi connectivity index (χ4v) is 1.86. The normalized spacial score (nSPS) is 10.9. The molecule has 0 atom stereocenters. The van der Waals surface area contributed by atoms with Gasteiger partial charge in [0.15, 0.2) is 5.78 Å². The van der Waals surface area contributed by atoms with Gasteiger partial charge in [0, 0.05) is 18.5 Å². The molecule has 2 aromatic rings. The number of nitrogens with zero attached hydrogens (tertiary/aromatic N) is 2. The van der Waals surface area contributed by atoms with E-state index in [1.807, 2.05) is 31.5 Å². The third kappa shape index (κ3) is 1.85. The first-order chi connectivity index (χ1) is 7.76. The van der Waals surface area contributed by atoms with Gasteiger partial charge in [-0.1, -0.05) is 6.92 Å². The highest BCUT2D eigenvalue weighted by Crippen LogP contribution is 2.16. The van der Waals surface area contributed by atoms with E-state index >= 15 is 0 Å². The van der Waals surface area contributed by atoms with Crippen LogP contribution in [0.4, 0.5) is 0 Å². The number of carbonyl (C=O) groups excluding carboxylic acids is 1. The van der Waals surface area contributed by atoms with Crippen molar-refractivity contribution < 1.29 is 4.79 Å². The number of benzene rings is 1. The van der Waals surface area contributed by atoms with Crippen LogP contribution in [0.15, 0.2) is 24.5 Å². The van der Waals surface area contributed by atoms with Gasteiger partial charge in [-0.25, -0.2) is 4.98 Å². The lowest BCUT2D eigenvalue weighted by Gasteiger charge is -2.01. The Morgan fingerprint density at radius 2 is 2.19 bits per heavy atom. The van der Waals surface area contributed by atoms with Crippen LogP contribution in [0.1, 0.15) is 37.0 Å². The summed E-state index contributed by atoms with van der Waals surface area (Å²) in [6.07, 6.45) is 3.32. The number of hydrogen-bond donors (Lipinski definition) is 0. The maximum absolute atomic E-state index is 11.7. The molecule has 0 bridgehead atoms. The van der Waals surface area contributed by atoms with Gasteiger partial charge in [0.05, 0.1) is 17.4 Å². The molecule has 16 heavy (non-hydrogen) atoms. The molecule has 0 amide bonds. The number of rotatable bonds is 4. The van der Waals surface area contributed by atoms with Crippen molar-refractivity contribution in [3.63, 3.8) is 0 Å². The fourth-order valence-electron chi connectivity index (χ4n) is 1.86. The predicted molar refractivity (Wildman–Crippen MR) is 64.6 cm³/mol. The van der Waals surface area contributed by atoms with E-state index in [1.54, 1.807) is 0 Å². The number of Topliss-reactive ketones (excluding diaryl/α,β-unsaturated/α-hetero) is 1. The molecule has 0 unspecified atom stereocenters. The summed E-state index contributed by atoms with van der Waals surface area (Å²) < 4.78 is 2.07. The number of imidazole rings is 1. The Morgan fingerprint density at radius 3 is 2.88 bits per heavy atom. The second-order valence-electron chi connectivity index (χ2n) is 3.91. The van der Waals surface area contributed by atoms with E-state index in [1.165, 1.54) is 0 Å². The van der Waals surface area contributed by atoms with Gasteiger partial charge in [-0.05, 0) is 31.5 Å². The molecule has 0 saturated heterocycles. The highest BCUT2D eigenvalue weighted by atomic mass is 16.1. The Bertz CT molecular complexity index is 514. The molecule has 0 aliphatic heterocycles. The van der Waals surface area contributed by atoms with Gasteiger partial charge in [0.1, 0.15) is 0 Å². The minimum Gasteiger partial charge on any atom is -0.331 e. The number of ketones is 1. The van der Waals surface area contributed by atoms with Crippen molar-refractivity contribution in [1.82, 2.24) is 9.55 Å². The van der Waals surface area contributed by atoms with E-state index in [0.717, 1.165) is 29.6 Å². The molecule has 1 aromatic carbocycles. The SMILES string of the molecule is CCCC(=O)c1ccc2c(c1)ncn2CC. The first-order valence-corrected chi connectivity index (χ1v) is 5.74. The highest BCUT2D eigenvalue weighted by molar-refractivity contribution is 5.98. The summed E-state index contributed by atoms with van der Waals surface area (Å²) in [4.78, 5) is 16.0. The average Bonchev–Trinajstić information content (AvgIpc) is 2.71. The number of hydrogen-bond acceptors (Lipinski definition) is 2. The van der Waals surface area contributed by atoms with E-state index in [-0.39, 0.29) is 5.78 Å². The van der Waals surface area contributed by atoms with Gasteiger partial charge in [0.25, 0.3) is 0 Å². The van der Waals surface area contributed by atoms with Crippen LogP contribution in [0.25, 0.3) is 11.0 Å². The first-order valence-electron chi connectivity index (χ1n) is 5.74. The maximum Gasteiger partial charge on any atom is 0.162 e. The lowest BCUT2D eigenvalue weighted by atomic mass is 10.1. The first kappa shape index (κ1) is 10.9. The van der Waals surface area contributed by atoms with Crippen LogP contribution >= 0.6 is 0 Å². The topological polar surface area (TPSA) is 34.9 Å². The van der Waals surface area contributed by atoms with E-state index in [0.29, 0.717) is 6.42 Å². The van der Waals surface area contributed by atoms with Gasteiger partial charge in [-0.3, -0.25) is 4.79 Å². The summed E-state index contributed by atoms with van der Waals surface area (Å²) in [7, 11) is 0. The van der Waals surface area contributed by atoms with Crippen molar-refractivity contribution in [3.8, 4) is 0 Å². The monoisotopic (exact) mass is 216 g/mol. The van der Waals surface area contributed by atoms with Crippen LogP contribution in [0.5, 0.6) is 0 Å². The summed E-state index contributed by atoms with van der Waals surface area (Å²) in [5.74, 6) is 0.204. The third-order valence-corrected chi connectivity index (χ3v) is 2.76. The molecule has 84 valence electrons. The zero-order chi connectivity index (χ0) is 11.5. The molecule has 1 heterocycles. The van der Waals surface area contributed by atoms with Crippen LogP contribution in [0.2, 0.25) is 0 Å². The number of aromatic nitrogens is 2. The molecule has 3 nitrogen and oxygen atoms in total. The lowest BCUT2D eigenvalue weighted by Crippen LogP contribution is -1.98. The minimum atomic E-state index is 0.204. The fraction of sp³-hybridized carbons (Fsp3) is 0.385. The van der Waals surface area contributed by atoms with Crippen molar-refractivity contribution in [2.45, 2.75) is 33.2 Å². The highest BCUT2D eigenvalue weighted by Gasteiger charge is 2.07. The van der Waals surface area contributed by atoms with Crippen LogP contribution < -0.4 is 0 Å². The predicted octanol–water partition coefficient (Wildman–Crippen LogP) is 3.04. The molecule has 0 radical (unpaired) electrons. The molecular weight excluding hydrogens is 200 g/mol. The Balaban J connectivity index is 2.41. The average molecular weight is 216 g/mol. The summed E-state index contributed by atoms with van der Waals surface area (Å²) in [6.45, 7) is 5.00. The lowest BCUT2D eigenvalue weighted by molar-refractivity contribution is 0.0982. The van der Waals surface area contributed by atoms with Crippen molar-refractivity contribution in [3.05, 3.63) is 30.1 Å². The number of aryl methyl sites for hydroxylation is 1. The van der Waals surface area contributed by atoms with Gasteiger partial charge >= 0.3 is 0 Å². The number of carbonyl (C=O) groups is 1. The summed E-state index contributed by atoms with van der Waals surface area (Å²) in [5.41, 5.74) is 2.77. The molecule has 0 saturated carbocycles. The van der Waals surface area contributed by atoms with Crippen molar-refractivity contribution in [1.29, 1.82) is 0 Å². The molecule has 0 aliphatic carbocycles. The molecule has 0 spiro atoms. The zero-order valence-electron chi connectivity index (χ0n) is 9.73. The molecule has 0 aliphatic rings. The zero-order valence-corrected chi connectivity index (χ0v) is 9.73. The maximum atomic E-state index is 11.7. The molecule has 1 aromatic heterocycles.